The number of nitrogens with zero attached hydrogens (tertiary/aromatic N) is 3. The molecule has 2 N–H and O–H groups in total. The number of benzene rings is 1. The summed E-state index contributed by atoms with van der Waals surface area (Å²) in [7, 11) is 0. The van der Waals surface area contributed by atoms with Gasteiger partial charge in [0.05, 0.1) is 0 Å². The molecule has 1 aromatic carbocycles. The lowest BCUT2D eigenvalue weighted by Crippen LogP contribution is -2.28. The Morgan fingerprint density at radius 2 is 2.00 bits per heavy atom. The van der Waals surface area contributed by atoms with Crippen molar-refractivity contribution in [2.45, 2.75) is 53.0 Å². The maximum absolute atomic E-state index is 12.8. The van der Waals surface area contributed by atoms with Crippen LogP contribution in [0.5, 0.6) is 0 Å². The highest BCUT2D eigenvalue weighted by Gasteiger charge is 2.25. The SMILES string of the molecule is CCCN(CC1CC1)c1cc(C(=O)Nc2ccc(CNCCC(C)=O)cc2C)ncn1. The summed E-state index contributed by atoms with van der Waals surface area (Å²) in [4.78, 5) is 34.7. The van der Waals surface area contributed by atoms with Crippen LogP contribution >= 0.6 is 0 Å². The van der Waals surface area contributed by atoms with Crippen molar-refractivity contribution in [3.05, 3.63) is 47.4 Å². The molecule has 7 nitrogen and oxygen atoms in total. The fourth-order valence-electron chi connectivity index (χ4n) is 3.49. The monoisotopic (exact) mass is 423 g/mol. The van der Waals surface area contributed by atoms with Crippen LogP contribution in [0.25, 0.3) is 0 Å². The van der Waals surface area contributed by atoms with Gasteiger partial charge in [0.25, 0.3) is 5.91 Å². The van der Waals surface area contributed by atoms with Crippen LogP contribution in [0.1, 0.15) is 61.1 Å². The molecule has 31 heavy (non-hydrogen) atoms. The van der Waals surface area contributed by atoms with E-state index < -0.39 is 0 Å². The Labute approximate surface area is 184 Å². The number of hydrogen-bond donors (Lipinski definition) is 2. The van der Waals surface area contributed by atoms with E-state index in [-0.39, 0.29) is 11.7 Å². The second-order valence-electron chi connectivity index (χ2n) is 8.38. The van der Waals surface area contributed by atoms with Crippen molar-refractivity contribution in [3.8, 4) is 0 Å². The van der Waals surface area contributed by atoms with Crippen LogP contribution in [0.3, 0.4) is 0 Å². The number of rotatable bonds is 12. The molecule has 2 aromatic rings. The Bertz CT molecular complexity index is 911. The molecule has 1 aliphatic rings. The van der Waals surface area contributed by atoms with Crippen molar-refractivity contribution < 1.29 is 9.59 Å². The van der Waals surface area contributed by atoms with Gasteiger partial charge in [0.1, 0.15) is 23.6 Å². The van der Waals surface area contributed by atoms with Gasteiger partial charge in [-0.2, -0.15) is 0 Å². The lowest BCUT2D eigenvalue weighted by Gasteiger charge is -2.23. The first-order valence-corrected chi connectivity index (χ1v) is 11.1. The van der Waals surface area contributed by atoms with E-state index in [2.05, 4.69) is 32.4 Å². The van der Waals surface area contributed by atoms with Crippen molar-refractivity contribution in [2.24, 2.45) is 5.92 Å². The lowest BCUT2D eigenvalue weighted by molar-refractivity contribution is -0.116. The number of hydrogen-bond acceptors (Lipinski definition) is 6. The van der Waals surface area contributed by atoms with E-state index in [0.29, 0.717) is 25.2 Å². The highest BCUT2D eigenvalue weighted by Crippen LogP contribution is 2.31. The van der Waals surface area contributed by atoms with Gasteiger partial charge < -0.3 is 15.5 Å². The Kier molecular flexibility index (Phi) is 8.12. The van der Waals surface area contributed by atoms with Gasteiger partial charge in [-0.1, -0.05) is 19.1 Å². The molecule has 1 saturated carbocycles. The predicted octanol–water partition coefficient (Wildman–Crippen LogP) is 3.73. The summed E-state index contributed by atoms with van der Waals surface area (Å²) in [6.45, 7) is 8.99. The first-order valence-electron chi connectivity index (χ1n) is 11.1. The van der Waals surface area contributed by atoms with E-state index >= 15 is 0 Å². The summed E-state index contributed by atoms with van der Waals surface area (Å²) in [5.74, 6) is 1.51. The Morgan fingerprint density at radius 1 is 1.19 bits per heavy atom. The smallest absolute Gasteiger partial charge is 0.274 e. The summed E-state index contributed by atoms with van der Waals surface area (Å²) < 4.78 is 0. The van der Waals surface area contributed by atoms with E-state index in [4.69, 9.17) is 0 Å². The fraction of sp³-hybridized carbons (Fsp3) is 0.500. The molecule has 0 bridgehead atoms. The third kappa shape index (κ3) is 7.14. The van der Waals surface area contributed by atoms with Crippen molar-refractivity contribution in [3.63, 3.8) is 0 Å². The number of carbonyl (C=O) groups is 2. The van der Waals surface area contributed by atoms with E-state index in [0.717, 1.165) is 48.1 Å². The molecule has 3 rings (SSSR count). The number of carbonyl (C=O) groups excluding carboxylic acids is 2. The number of amides is 1. The molecule has 0 atom stereocenters. The molecule has 0 unspecified atom stereocenters. The molecule has 166 valence electrons. The van der Waals surface area contributed by atoms with E-state index in [9.17, 15) is 9.59 Å². The topological polar surface area (TPSA) is 87.2 Å². The van der Waals surface area contributed by atoms with Gasteiger partial charge in [0, 0.05) is 44.4 Å². The first kappa shape index (κ1) is 22.9. The number of nitrogens with one attached hydrogen (secondary N) is 2. The molecule has 7 heteroatoms. The molecular weight excluding hydrogens is 390 g/mol. The van der Waals surface area contributed by atoms with E-state index in [1.807, 2.05) is 25.1 Å². The van der Waals surface area contributed by atoms with Crippen LogP contribution in [0.15, 0.2) is 30.6 Å². The van der Waals surface area contributed by atoms with Gasteiger partial charge in [0.2, 0.25) is 0 Å². The number of Topliss-reactive ketones (excluding diaryl/α,β-unsaturated/α-hetero) is 1. The quantitative estimate of drug-likeness (QED) is 0.506. The predicted molar refractivity (Wildman–Crippen MR) is 123 cm³/mol. The molecule has 0 spiro atoms. The highest BCUT2D eigenvalue weighted by atomic mass is 16.2. The molecule has 1 amide bonds. The average Bonchev–Trinajstić information content (AvgIpc) is 3.57. The minimum absolute atomic E-state index is 0.181. The van der Waals surface area contributed by atoms with Gasteiger partial charge in [0.15, 0.2) is 0 Å². The summed E-state index contributed by atoms with van der Waals surface area (Å²) >= 11 is 0. The van der Waals surface area contributed by atoms with Crippen LogP contribution < -0.4 is 15.5 Å². The third-order valence-corrected chi connectivity index (χ3v) is 5.40. The molecule has 1 aliphatic carbocycles. The maximum Gasteiger partial charge on any atom is 0.274 e. The van der Waals surface area contributed by atoms with Crippen LogP contribution in [0.2, 0.25) is 0 Å². The largest absolute Gasteiger partial charge is 0.356 e. The van der Waals surface area contributed by atoms with Crippen molar-refractivity contribution >= 4 is 23.2 Å². The van der Waals surface area contributed by atoms with Crippen molar-refractivity contribution in [1.82, 2.24) is 15.3 Å². The third-order valence-electron chi connectivity index (χ3n) is 5.40. The van der Waals surface area contributed by atoms with E-state index in [1.165, 1.54) is 19.2 Å². The van der Waals surface area contributed by atoms with Gasteiger partial charge in [-0.25, -0.2) is 9.97 Å². The van der Waals surface area contributed by atoms with Crippen molar-refractivity contribution in [1.29, 1.82) is 0 Å². The standard InChI is InChI=1S/C24H33N5O2/c1-4-11-29(15-19-5-6-19)23-13-22(26-16-27-23)24(31)28-21-8-7-20(12-17(21)2)14-25-10-9-18(3)30/h7-8,12-13,16,19,25H,4-6,9-11,14-15H2,1-3H3,(H,28,31). The minimum atomic E-state index is -0.234. The second-order valence-corrected chi connectivity index (χ2v) is 8.38. The molecule has 0 aliphatic heterocycles. The van der Waals surface area contributed by atoms with Crippen LogP contribution in [-0.4, -0.2) is 41.3 Å². The molecule has 0 radical (unpaired) electrons. The molecular formula is C24H33N5O2. The Morgan fingerprint density at radius 3 is 2.68 bits per heavy atom. The lowest BCUT2D eigenvalue weighted by atomic mass is 10.1. The summed E-state index contributed by atoms with van der Waals surface area (Å²) in [5.41, 5.74) is 3.23. The number of aryl methyl sites for hydroxylation is 1. The molecule has 1 fully saturated rings. The van der Waals surface area contributed by atoms with Crippen molar-refractivity contribution in [2.75, 3.05) is 29.9 Å². The highest BCUT2D eigenvalue weighted by molar-refractivity contribution is 6.03. The van der Waals surface area contributed by atoms with Crippen LogP contribution in [0.4, 0.5) is 11.5 Å². The zero-order valence-corrected chi connectivity index (χ0v) is 18.8. The number of ketones is 1. The molecule has 0 saturated heterocycles. The minimum Gasteiger partial charge on any atom is -0.356 e. The zero-order valence-electron chi connectivity index (χ0n) is 18.8. The zero-order chi connectivity index (χ0) is 22.2. The van der Waals surface area contributed by atoms with Gasteiger partial charge in [-0.15, -0.1) is 0 Å². The summed E-state index contributed by atoms with van der Waals surface area (Å²) in [6.07, 6.45) is 5.60. The Balaban J connectivity index is 1.62. The number of aromatic nitrogens is 2. The van der Waals surface area contributed by atoms with E-state index in [1.54, 1.807) is 13.0 Å². The molecule has 1 heterocycles. The van der Waals surface area contributed by atoms with Gasteiger partial charge in [-0.3, -0.25) is 9.59 Å². The average molecular weight is 424 g/mol. The Hall–Kier alpha value is -2.80. The maximum atomic E-state index is 12.8. The fourth-order valence-corrected chi connectivity index (χ4v) is 3.49. The summed E-state index contributed by atoms with van der Waals surface area (Å²) in [6, 6.07) is 7.72. The van der Waals surface area contributed by atoms with Gasteiger partial charge >= 0.3 is 0 Å². The summed E-state index contributed by atoms with van der Waals surface area (Å²) in [5, 5.41) is 6.24. The first-order chi connectivity index (χ1) is 15.0. The second kappa shape index (κ2) is 11.0. The molecule has 1 aromatic heterocycles. The normalized spacial score (nSPS) is 13.1. The van der Waals surface area contributed by atoms with Crippen LogP contribution in [-0.2, 0) is 11.3 Å². The van der Waals surface area contributed by atoms with Crippen LogP contribution in [0, 0.1) is 12.8 Å². The van der Waals surface area contributed by atoms with Gasteiger partial charge in [-0.05, 0) is 56.2 Å². The number of anilines is 2.